The smallest absolute Gasteiger partial charge is 0.259 e. The first-order valence-electron chi connectivity index (χ1n) is 12.4. The van der Waals surface area contributed by atoms with Gasteiger partial charge in [-0.25, -0.2) is 4.68 Å². The molecule has 0 bridgehead atoms. The van der Waals surface area contributed by atoms with Gasteiger partial charge in [-0.1, -0.05) is 49.6 Å². The summed E-state index contributed by atoms with van der Waals surface area (Å²) in [4.78, 5) is 18.0. The highest BCUT2D eigenvalue weighted by atomic mass is 16.2. The highest BCUT2D eigenvalue weighted by molar-refractivity contribution is 5.99. The van der Waals surface area contributed by atoms with Gasteiger partial charge in [0, 0.05) is 38.8 Å². The number of piperazine rings is 1. The fourth-order valence-electron chi connectivity index (χ4n) is 5.90. The van der Waals surface area contributed by atoms with Crippen molar-refractivity contribution in [1.29, 1.82) is 0 Å². The Labute approximate surface area is 192 Å². The largest absolute Gasteiger partial charge is 0.366 e. The quantitative estimate of drug-likeness (QED) is 0.776. The second-order valence-corrected chi connectivity index (χ2v) is 10.5. The predicted octanol–water partition coefficient (Wildman–Crippen LogP) is 4.34. The van der Waals surface area contributed by atoms with Crippen molar-refractivity contribution >= 4 is 11.7 Å². The summed E-state index contributed by atoms with van der Waals surface area (Å²) in [6.45, 7) is 8.83. The molecule has 3 aliphatic rings. The standard InChI is InChI=1S/C26H37N5O/c1-26(2)17-23(21-11-7-4-8-12-21)28-24-22(18-27-31(24)26)25(32)30-15-13-29(14-16-30)19-20-9-5-3-6-10-20/h3,5-6,9-10,18,21,23,28H,4,7-8,11-17,19H2,1-2H3. The number of carbonyl (C=O) groups is 1. The van der Waals surface area contributed by atoms with E-state index in [9.17, 15) is 4.79 Å². The van der Waals surface area contributed by atoms with Crippen molar-refractivity contribution in [3.05, 3.63) is 47.7 Å². The molecule has 1 saturated carbocycles. The molecule has 0 spiro atoms. The van der Waals surface area contributed by atoms with Crippen LogP contribution in [0, 0.1) is 5.92 Å². The zero-order chi connectivity index (χ0) is 22.1. The second kappa shape index (κ2) is 8.89. The maximum Gasteiger partial charge on any atom is 0.259 e. The number of aromatic nitrogens is 2. The van der Waals surface area contributed by atoms with Gasteiger partial charge in [-0.05, 0) is 44.6 Å². The first-order chi connectivity index (χ1) is 15.5. The fourth-order valence-corrected chi connectivity index (χ4v) is 5.90. The van der Waals surface area contributed by atoms with Crippen molar-refractivity contribution in [2.75, 3.05) is 31.5 Å². The molecule has 32 heavy (non-hydrogen) atoms. The molecule has 1 aromatic carbocycles. The van der Waals surface area contributed by atoms with E-state index in [0.29, 0.717) is 12.0 Å². The van der Waals surface area contributed by atoms with Crippen molar-refractivity contribution in [1.82, 2.24) is 19.6 Å². The van der Waals surface area contributed by atoms with Crippen LogP contribution in [0.1, 0.15) is 68.3 Å². The summed E-state index contributed by atoms with van der Waals surface area (Å²) in [5.74, 6) is 1.77. The van der Waals surface area contributed by atoms with E-state index in [0.717, 1.165) is 50.5 Å². The SMILES string of the molecule is CC1(C)CC(C2CCCCC2)Nc2c(C(=O)N3CCN(Cc4ccccc4)CC3)cnn21. The third-order valence-corrected chi connectivity index (χ3v) is 7.74. The fraction of sp³-hybridized carbons (Fsp3) is 0.615. The molecule has 1 N–H and O–H groups in total. The lowest BCUT2D eigenvalue weighted by Gasteiger charge is -2.42. The Hall–Kier alpha value is -2.34. The van der Waals surface area contributed by atoms with Gasteiger partial charge in [0.15, 0.2) is 0 Å². The molecule has 172 valence electrons. The number of carbonyl (C=O) groups excluding carboxylic acids is 1. The van der Waals surface area contributed by atoms with Gasteiger partial charge in [0.05, 0.1) is 11.7 Å². The van der Waals surface area contributed by atoms with Gasteiger partial charge in [-0.15, -0.1) is 0 Å². The number of hydrogen-bond acceptors (Lipinski definition) is 4. The van der Waals surface area contributed by atoms with E-state index in [1.165, 1.54) is 37.7 Å². The molecule has 1 unspecified atom stereocenters. The molecule has 2 aliphatic heterocycles. The van der Waals surface area contributed by atoms with Crippen LogP contribution in [0.3, 0.4) is 0 Å². The number of fused-ring (bicyclic) bond motifs is 1. The van der Waals surface area contributed by atoms with Crippen LogP contribution in [0.15, 0.2) is 36.5 Å². The molecule has 1 aromatic heterocycles. The highest BCUT2D eigenvalue weighted by Crippen LogP contribution is 2.40. The van der Waals surface area contributed by atoms with Crippen LogP contribution in [0.5, 0.6) is 0 Å². The van der Waals surface area contributed by atoms with Gasteiger partial charge >= 0.3 is 0 Å². The van der Waals surface area contributed by atoms with Gasteiger partial charge in [0.1, 0.15) is 11.4 Å². The third kappa shape index (κ3) is 4.29. The average molecular weight is 436 g/mol. The molecule has 2 aromatic rings. The number of rotatable bonds is 4. The van der Waals surface area contributed by atoms with Gasteiger partial charge in [0.2, 0.25) is 0 Å². The Balaban J connectivity index is 1.27. The van der Waals surface area contributed by atoms with Crippen molar-refractivity contribution in [3.63, 3.8) is 0 Å². The average Bonchev–Trinajstić information content (AvgIpc) is 3.25. The Morgan fingerprint density at radius 3 is 2.50 bits per heavy atom. The molecule has 5 rings (SSSR count). The number of amides is 1. The van der Waals surface area contributed by atoms with E-state index in [-0.39, 0.29) is 11.4 Å². The van der Waals surface area contributed by atoms with Gasteiger partial charge in [-0.2, -0.15) is 5.10 Å². The van der Waals surface area contributed by atoms with Crippen molar-refractivity contribution < 1.29 is 4.79 Å². The first kappa shape index (κ1) is 21.5. The van der Waals surface area contributed by atoms with E-state index in [4.69, 9.17) is 0 Å². The molecule has 1 saturated heterocycles. The minimum Gasteiger partial charge on any atom is -0.366 e. The molecule has 1 amide bonds. The van der Waals surface area contributed by atoms with Gasteiger partial charge in [-0.3, -0.25) is 9.69 Å². The number of anilines is 1. The Kier molecular flexibility index (Phi) is 5.97. The Bertz CT molecular complexity index is 923. The maximum absolute atomic E-state index is 13.5. The minimum atomic E-state index is -0.0738. The Morgan fingerprint density at radius 2 is 1.78 bits per heavy atom. The first-order valence-corrected chi connectivity index (χ1v) is 12.4. The summed E-state index contributed by atoms with van der Waals surface area (Å²) in [5.41, 5.74) is 2.00. The van der Waals surface area contributed by atoms with Crippen molar-refractivity contribution in [2.45, 2.75) is 70.5 Å². The summed E-state index contributed by atoms with van der Waals surface area (Å²) < 4.78 is 2.06. The molecular weight excluding hydrogens is 398 g/mol. The lowest BCUT2D eigenvalue weighted by atomic mass is 9.78. The number of benzene rings is 1. The number of nitrogens with one attached hydrogen (secondary N) is 1. The van der Waals surface area contributed by atoms with Gasteiger partial charge in [0.25, 0.3) is 5.91 Å². The summed E-state index contributed by atoms with van der Waals surface area (Å²) >= 11 is 0. The van der Waals surface area contributed by atoms with E-state index >= 15 is 0 Å². The highest BCUT2D eigenvalue weighted by Gasteiger charge is 2.40. The number of nitrogens with zero attached hydrogens (tertiary/aromatic N) is 4. The van der Waals surface area contributed by atoms with Crippen molar-refractivity contribution in [3.8, 4) is 0 Å². The zero-order valence-corrected chi connectivity index (χ0v) is 19.6. The third-order valence-electron chi connectivity index (χ3n) is 7.74. The van der Waals surface area contributed by atoms with Crippen molar-refractivity contribution in [2.24, 2.45) is 5.92 Å². The summed E-state index contributed by atoms with van der Waals surface area (Å²) in [5, 5.41) is 8.45. The summed E-state index contributed by atoms with van der Waals surface area (Å²) in [6, 6.07) is 11.0. The van der Waals surface area contributed by atoms with Crippen LogP contribution >= 0.6 is 0 Å². The molecule has 3 heterocycles. The predicted molar refractivity (Wildman–Crippen MR) is 128 cm³/mol. The van der Waals surface area contributed by atoms with E-state index in [1.54, 1.807) is 6.20 Å². The topological polar surface area (TPSA) is 53.4 Å². The van der Waals surface area contributed by atoms with E-state index < -0.39 is 0 Å². The lowest BCUT2D eigenvalue weighted by molar-refractivity contribution is 0.0628. The zero-order valence-electron chi connectivity index (χ0n) is 19.6. The van der Waals surface area contributed by atoms with Crippen LogP contribution in [-0.2, 0) is 12.1 Å². The summed E-state index contributed by atoms with van der Waals surface area (Å²) in [7, 11) is 0. The molecule has 2 fully saturated rings. The number of hydrogen-bond donors (Lipinski definition) is 1. The molecule has 0 radical (unpaired) electrons. The molecule has 6 nitrogen and oxygen atoms in total. The van der Waals surface area contributed by atoms with E-state index in [2.05, 4.69) is 64.2 Å². The minimum absolute atomic E-state index is 0.0738. The van der Waals surface area contributed by atoms with Crippen LogP contribution < -0.4 is 5.32 Å². The molecule has 1 atom stereocenters. The van der Waals surface area contributed by atoms with E-state index in [1.807, 2.05) is 4.90 Å². The van der Waals surface area contributed by atoms with Crippen LogP contribution in [0.25, 0.3) is 0 Å². The summed E-state index contributed by atoms with van der Waals surface area (Å²) in [6.07, 6.45) is 9.50. The monoisotopic (exact) mass is 435 g/mol. The molecule has 6 heteroatoms. The van der Waals surface area contributed by atoms with Crippen LogP contribution in [0.2, 0.25) is 0 Å². The second-order valence-electron chi connectivity index (χ2n) is 10.5. The van der Waals surface area contributed by atoms with Crippen LogP contribution in [-0.4, -0.2) is 57.7 Å². The van der Waals surface area contributed by atoms with Crippen LogP contribution in [0.4, 0.5) is 5.82 Å². The molecular formula is C26H37N5O. The maximum atomic E-state index is 13.5. The van der Waals surface area contributed by atoms with Gasteiger partial charge < -0.3 is 10.2 Å². The normalized spacial score (nSPS) is 24.1. The lowest BCUT2D eigenvalue weighted by Crippen LogP contribution is -2.49. The molecule has 1 aliphatic carbocycles. The Morgan fingerprint density at radius 1 is 1.06 bits per heavy atom.